The lowest BCUT2D eigenvalue weighted by Crippen LogP contribution is -2.43. The number of carboxylic acids is 1. The Morgan fingerprint density at radius 1 is 0.870 bits per heavy atom. The van der Waals surface area contributed by atoms with Crippen LogP contribution in [0.15, 0.2) is 110 Å². The maximum absolute atomic E-state index is 14.2. The standard InChI is InChI=1S/C35H34N8O3/c44-34(33(25-9-5-2-6-10-25)28(35(45)46)19-24-7-3-1-4-8-24)40-27-21-29(41-30(22-27)42-31-23-37-13-14-38-31)26-11-12-39-32(20-26)43-17-15-36-16-18-43/h1-14,20-23,28,33,36H,15-19H2,(H,45,46)(H2,38,40,41,42,44)/t28?,33-/m0/s1. The van der Waals surface area contributed by atoms with Gasteiger partial charge in [0.2, 0.25) is 5.91 Å². The van der Waals surface area contributed by atoms with Crippen LogP contribution in [0.5, 0.6) is 0 Å². The Morgan fingerprint density at radius 2 is 1.63 bits per heavy atom. The second kappa shape index (κ2) is 14.4. The van der Waals surface area contributed by atoms with E-state index >= 15 is 0 Å². The normalized spacial score (nSPS) is 14.2. The number of aliphatic carboxylic acids is 1. The van der Waals surface area contributed by atoms with Crippen molar-refractivity contribution in [2.45, 2.75) is 12.3 Å². The van der Waals surface area contributed by atoms with Gasteiger partial charge in [-0.05, 0) is 35.7 Å². The van der Waals surface area contributed by atoms with Gasteiger partial charge in [0.1, 0.15) is 17.5 Å². The van der Waals surface area contributed by atoms with Gasteiger partial charge in [0.05, 0.1) is 23.7 Å². The third kappa shape index (κ3) is 7.51. The fourth-order valence-electron chi connectivity index (χ4n) is 5.62. The van der Waals surface area contributed by atoms with E-state index in [0.717, 1.165) is 43.1 Å². The summed E-state index contributed by atoms with van der Waals surface area (Å²) in [5.41, 5.74) is 3.31. The van der Waals surface area contributed by atoms with Crippen LogP contribution < -0.4 is 20.9 Å². The topological polar surface area (TPSA) is 145 Å². The van der Waals surface area contributed by atoms with E-state index in [1.807, 2.05) is 60.7 Å². The second-order valence-corrected chi connectivity index (χ2v) is 11.0. The summed E-state index contributed by atoms with van der Waals surface area (Å²) in [4.78, 5) is 46.9. The molecule has 1 saturated heterocycles. The summed E-state index contributed by atoms with van der Waals surface area (Å²) in [6, 6.07) is 25.7. The first-order valence-electron chi connectivity index (χ1n) is 15.1. The number of aromatic nitrogens is 4. The van der Waals surface area contributed by atoms with Crippen molar-refractivity contribution >= 4 is 35.0 Å². The molecule has 1 unspecified atom stereocenters. The van der Waals surface area contributed by atoms with E-state index in [-0.39, 0.29) is 6.42 Å². The van der Waals surface area contributed by atoms with Crippen molar-refractivity contribution in [1.29, 1.82) is 0 Å². The quantitative estimate of drug-likeness (QED) is 0.164. The molecule has 6 rings (SSSR count). The molecule has 5 aromatic rings. The van der Waals surface area contributed by atoms with E-state index in [9.17, 15) is 14.7 Å². The minimum Gasteiger partial charge on any atom is -0.481 e. The lowest BCUT2D eigenvalue weighted by molar-refractivity contribution is -0.144. The van der Waals surface area contributed by atoms with Crippen LogP contribution in [0.25, 0.3) is 11.3 Å². The number of piperazine rings is 1. The van der Waals surface area contributed by atoms with Gasteiger partial charge in [0.25, 0.3) is 0 Å². The largest absolute Gasteiger partial charge is 0.481 e. The van der Waals surface area contributed by atoms with Gasteiger partial charge >= 0.3 is 5.97 Å². The van der Waals surface area contributed by atoms with Gasteiger partial charge in [0.15, 0.2) is 0 Å². The highest BCUT2D eigenvalue weighted by molar-refractivity contribution is 5.99. The summed E-state index contributed by atoms with van der Waals surface area (Å²) < 4.78 is 0. The molecule has 1 fully saturated rings. The fraction of sp³-hybridized carbons (Fsp3) is 0.200. The summed E-state index contributed by atoms with van der Waals surface area (Å²) >= 11 is 0. The monoisotopic (exact) mass is 614 g/mol. The number of nitrogens with one attached hydrogen (secondary N) is 3. The number of nitrogens with zero attached hydrogens (tertiary/aromatic N) is 5. The van der Waals surface area contributed by atoms with Gasteiger partial charge in [-0.1, -0.05) is 60.7 Å². The van der Waals surface area contributed by atoms with Gasteiger partial charge in [-0.25, -0.2) is 15.0 Å². The summed E-state index contributed by atoms with van der Waals surface area (Å²) in [7, 11) is 0. The highest BCUT2D eigenvalue weighted by Crippen LogP contribution is 2.32. The van der Waals surface area contributed by atoms with Crippen LogP contribution >= 0.6 is 0 Å². The van der Waals surface area contributed by atoms with Crippen LogP contribution in [0.4, 0.5) is 23.1 Å². The highest BCUT2D eigenvalue weighted by Gasteiger charge is 2.35. The third-order valence-electron chi connectivity index (χ3n) is 7.85. The summed E-state index contributed by atoms with van der Waals surface area (Å²) in [5.74, 6) is -1.70. The number of anilines is 4. The molecular weight excluding hydrogens is 580 g/mol. The third-order valence-corrected chi connectivity index (χ3v) is 7.85. The number of carboxylic acid groups (broad SMARTS) is 1. The van der Waals surface area contributed by atoms with Gasteiger partial charge in [0, 0.05) is 62.1 Å². The highest BCUT2D eigenvalue weighted by atomic mass is 16.4. The molecule has 0 saturated carbocycles. The minimum atomic E-state index is -1.05. The zero-order valence-corrected chi connectivity index (χ0v) is 25.1. The molecule has 4 N–H and O–H groups in total. The summed E-state index contributed by atoms with van der Waals surface area (Å²) in [6.07, 6.45) is 6.67. The Kier molecular flexibility index (Phi) is 9.50. The molecule has 1 aliphatic heterocycles. The van der Waals surface area contributed by atoms with Crippen molar-refractivity contribution in [2.75, 3.05) is 41.7 Å². The van der Waals surface area contributed by atoms with Gasteiger partial charge in [-0.2, -0.15) is 0 Å². The van der Waals surface area contributed by atoms with Crippen molar-refractivity contribution in [2.24, 2.45) is 5.92 Å². The van der Waals surface area contributed by atoms with Gasteiger partial charge in [-0.15, -0.1) is 0 Å². The van der Waals surface area contributed by atoms with Crippen molar-refractivity contribution in [3.63, 3.8) is 0 Å². The summed E-state index contributed by atoms with van der Waals surface area (Å²) in [5, 5.41) is 19.9. The Morgan fingerprint density at radius 3 is 2.35 bits per heavy atom. The van der Waals surface area contributed by atoms with E-state index in [0.29, 0.717) is 28.6 Å². The molecule has 0 aliphatic carbocycles. The molecule has 46 heavy (non-hydrogen) atoms. The van der Waals surface area contributed by atoms with E-state index in [1.165, 1.54) is 0 Å². The van der Waals surface area contributed by atoms with Crippen LogP contribution in [-0.2, 0) is 16.0 Å². The van der Waals surface area contributed by atoms with E-state index in [1.54, 1.807) is 49.1 Å². The van der Waals surface area contributed by atoms with Crippen LogP contribution in [0, 0.1) is 5.92 Å². The average Bonchev–Trinajstić information content (AvgIpc) is 3.09. The first-order valence-corrected chi connectivity index (χ1v) is 15.1. The van der Waals surface area contributed by atoms with Crippen LogP contribution in [0.2, 0.25) is 0 Å². The first-order chi connectivity index (χ1) is 22.5. The minimum absolute atomic E-state index is 0.191. The Balaban J connectivity index is 1.36. The zero-order chi connectivity index (χ0) is 31.7. The molecule has 0 radical (unpaired) electrons. The molecule has 11 nitrogen and oxygen atoms in total. The predicted octanol–water partition coefficient (Wildman–Crippen LogP) is 4.75. The molecule has 11 heteroatoms. The molecular formula is C35H34N8O3. The van der Waals surface area contributed by atoms with Crippen LogP contribution in [0.1, 0.15) is 17.0 Å². The maximum Gasteiger partial charge on any atom is 0.307 e. The number of carbonyl (C=O) groups excluding carboxylic acids is 1. The van der Waals surface area contributed by atoms with Crippen molar-refractivity contribution in [3.8, 4) is 11.3 Å². The second-order valence-electron chi connectivity index (χ2n) is 11.0. The van der Waals surface area contributed by atoms with E-state index < -0.39 is 23.7 Å². The number of benzene rings is 2. The van der Waals surface area contributed by atoms with Gasteiger partial charge < -0.3 is 26.0 Å². The molecule has 0 bridgehead atoms. The molecule has 3 aromatic heterocycles. The molecule has 0 spiro atoms. The predicted molar refractivity (Wildman–Crippen MR) is 177 cm³/mol. The molecule has 232 valence electrons. The molecule has 1 aliphatic rings. The van der Waals surface area contributed by atoms with Crippen molar-refractivity contribution in [1.82, 2.24) is 25.3 Å². The van der Waals surface area contributed by atoms with Crippen molar-refractivity contribution in [3.05, 3.63) is 121 Å². The van der Waals surface area contributed by atoms with Crippen LogP contribution in [0.3, 0.4) is 0 Å². The maximum atomic E-state index is 14.2. The fourth-order valence-corrected chi connectivity index (χ4v) is 5.62. The Labute approximate surface area is 266 Å². The molecule has 1 amide bonds. The number of pyridine rings is 2. The first kappa shape index (κ1) is 30.4. The molecule has 4 heterocycles. The lowest BCUT2D eigenvalue weighted by Gasteiger charge is -2.28. The van der Waals surface area contributed by atoms with Crippen LogP contribution in [-0.4, -0.2) is 63.1 Å². The summed E-state index contributed by atoms with van der Waals surface area (Å²) in [6.45, 7) is 3.44. The van der Waals surface area contributed by atoms with Gasteiger partial charge in [-0.3, -0.25) is 14.6 Å². The van der Waals surface area contributed by atoms with Crippen molar-refractivity contribution < 1.29 is 14.7 Å². The van der Waals surface area contributed by atoms with E-state index in [2.05, 4.69) is 35.8 Å². The average molecular weight is 615 g/mol. The number of rotatable bonds is 11. The Bertz CT molecular complexity index is 1770. The lowest BCUT2D eigenvalue weighted by atomic mass is 9.81. The number of amides is 1. The molecule has 2 aromatic carbocycles. The van der Waals surface area contributed by atoms with E-state index in [4.69, 9.17) is 4.98 Å². The number of carbonyl (C=O) groups is 2. The number of hydrogen-bond acceptors (Lipinski definition) is 9. The number of hydrogen-bond donors (Lipinski definition) is 4. The Hall–Kier alpha value is -5.68. The smallest absolute Gasteiger partial charge is 0.307 e. The zero-order valence-electron chi connectivity index (χ0n) is 25.1. The molecule has 2 atom stereocenters. The SMILES string of the molecule is O=C(O)C(Cc1ccccc1)[C@@H](C(=O)Nc1cc(Nc2cnccn2)nc(-c2ccnc(N3CCNCC3)c2)c1)c1ccccc1.